The highest BCUT2D eigenvalue weighted by molar-refractivity contribution is 7.13. The number of hydrogen-bond acceptors (Lipinski definition) is 16. The molecule has 26 heteroatoms. The Bertz CT molecular complexity index is 3490. The minimum atomic E-state index is -4.71. The summed E-state index contributed by atoms with van der Waals surface area (Å²) in [6.45, 7) is 4.39. The number of pyridine rings is 2. The van der Waals surface area contributed by atoms with Gasteiger partial charge in [0.15, 0.2) is 11.5 Å². The van der Waals surface area contributed by atoms with Crippen LogP contribution in [-0.4, -0.2) is 113 Å². The molecule has 9 heterocycles. The quantitative estimate of drug-likeness (QED) is 0.0639. The number of nitrogen functional groups attached to an aromatic ring is 1. The standard InChI is InChI=1S/C33H31F3N6O2.C17H12Cl2F3N7O2S/c1-2-23-26(35)7-4-18-10-22(43)11-24(27(18)23)29-28(36)30-25(13-37-29)31(41-15-20-5-6-21(16-41)38-20)40-32(39-30)44-17-33-8-3-9-42(33)14-19(34)12-33;1-6(28-15(31)12-11(19)13(23)27-5-26-12)16-25-4-9(32-16)14(30)29-10-2-7(17(20,21)22)8(18)3-24-10/h1,4,7,10-11,13,19-21,38,43H,3,5-6,8-9,12,14-17H2;2-6H,1H3,(H,28,31)(H2,23,26,27)(H,24,29,30)/t;6-/m.1/s1. The van der Waals surface area contributed by atoms with Crippen LogP contribution in [-0.2, 0) is 6.18 Å². The van der Waals surface area contributed by atoms with Crippen molar-refractivity contribution in [1.82, 2.24) is 50.4 Å². The predicted molar refractivity (Wildman–Crippen MR) is 272 cm³/mol. The van der Waals surface area contributed by atoms with Gasteiger partial charge < -0.3 is 36.4 Å². The van der Waals surface area contributed by atoms with E-state index < -0.39 is 58.0 Å². The molecular weight excluding hydrogens is 1060 g/mol. The summed E-state index contributed by atoms with van der Waals surface area (Å²) in [6.07, 6.45) is 8.92. The van der Waals surface area contributed by atoms with E-state index in [4.69, 9.17) is 45.1 Å². The number of aromatic hydroxyl groups is 1. The Morgan fingerprint density at radius 1 is 1.04 bits per heavy atom. The zero-order chi connectivity index (χ0) is 53.8. The lowest BCUT2D eigenvalue weighted by Crippen LogP contribution is -2.51. The molecule has 0 radical (unpaired) electrons. The maximum Gasteiger partial charge on any atom is 0.418 e. The van der Waals surface area contributed by atoms with Crippen LogP contribution in [0.4, 0.5) is 43.8 Å². The number of ether oxygens (including phenoxy) is 1. The van der Waals surface area contributed by atoms with E-state index >= 15 is 4.39 Å². The first kappa shape index (κ1) is 52.3. The fourth-order valence-electron chi connectivity index (χ4n) is 10.2. The van der Waals surface area contributed by atoms with Crippen LogP contribution in [0.2, 0.25) is 10.0 Å². The summed E-state index contributed by atoms with van der Waals surface area (Å²) in [7, 11) is 0. The number of carbonyl (C=O) groups excluding carboxylic acids is 2. The molecule has 76 heavy (non-hydrogen) atoms. The van der Waals surface area contributed by atoms with Gasteiger partial charge in [0, 0.05) is 61.5 Å². The maximum atomic E-state index is 16.7. The number of fused-ring (bicyclic) bond motifs is 5. The Hall–Kier alpha value is -7.17. The van der Waals surface area contributed by atoms with E-state index in [1.54, 1.807) is 6.92 Å². The summed E-state index contributed by atoms with van der Waals surface area (Å²) < 4.78 is 91.1. The minimum absolute atomic E-state index is 0.00778. The Morgan fingerprint density at radius 3 is 2.57 bits per heavy atom. The van der Waals surface area contributed by atoms with Crippen LogP contribution < -0.4 is 31.3 Å². The van der Waals surface area contributed by atoms with Crippen molar-refractivity contribution in [3.05, 3.63) is 104 Å². The van der Waals surface area contributed by atoms with Crippen LogP contribution in [0.1, 0.15) is 81.4 Å². The first-order chi connectivity index (χ1) is 36.3. The van der Waals surface area contributed by atoms with Crippen LogP contribution in [0.3, 0.4) is 0 Å². The largest absolute Gasteiger partial charge is 0.508 e. The monoisotopic (exact) mass is 1110 g/mol. The van der Waals surface area contributed by atoms with Crippen molar-refractivity contribution < 1.29 is 45.8 Å². The van der Waals surface area contributed by atoms with Gasteiger partial charge in [-0.15, -0.1) is 17.8 Å². The SMILES string of the molecule is C#Cc1c(F)ccc2cc(O)cc(-c3ncc4c(N5CC6CCC(C5)N6)nc(OCC56CCCN5CC(F)C6)nc4c3F)c12.C[C@@H](NC(=O)c1ncnc(N)c1Cl)c1ncc(C(=O)Nc2cc(C(F)(F)F)c(Cl)cn2)s1. The van der Waals surface area contributed by atoms with E-state index in [1.807, 2.05) is 0 Å². The van der Waals surface area contributed by atoms with Gasteiger partial charge in [-0.1, -0.05) is 35.2 Å². The lowest BCUT2D eigenvalue weighted by molar-refractivity contribution is -0.137. The predicted octanol–water partition coefficient (Wildman–Crippen LogP) is 8.69. The van der Waals surface area contributed by atoms with Gasteiger partial charge in [-0.25, -0.2) is 33.1 Å². The third kappa shape index (κ3) is 10.3. The number of hydrogen-bond donors (Lipinski definition) is 5. The number of terminal acetylenes is 1. The molecule has 11 rings (SSSR count). The number of carbonyl (C=O) groups is 2. The van der Waals surface area contributed by atoms with Crippen molar-refractivity contribution in [3.63, 3.8) is 0 Å². The van der Waals surface area contributed by atoms with Crippen molar-refractivity contribution >= 4 is 85.5 Å². The van der Waals surface area contributed by atoms with Crippen LogP contribution >= 0.6 is 34.5 Å². The van der Waals surface area contributed by atoms with Crippen LogP contribution in [0.25, 0.3) is 32.9 Å². The topological polar surface area (TPSA) is 222 Å². The van der Waals surface area contributed by atoms with E-state index in [-0.39, 0.29) is 73.3 Å². The van der Waals surface area contributed by atoms with Crippen LogP contribution in [0.5, 0.6) is 11.8 Å². The number of phenols is 1. The fourth-order valence-corrected chi connectivity index (χ4v) is 11.5. The second kappa shape index (κ2) is 20.7. The summed E-state index contributed by atoms with van der Waals surface area (Å²) in [5, 5.41) is 19.8. The Balaban J connectivity index is 0.000000183. The number of aromatic nitrogens is 7. The van der Waals surface area contributed by atoms with Gasteiger partial charge in [0.25, 0.3) is 11.8 Å². The molecule has 4 fully saturated rings. The fraction of sp³-hybridized carbons (Fsp3) is 0.340. The van der Waals surface area contributed by atoms with Crippen molar-refractivity contribution in [3.8, 4) is 35.4 Å². The molecule has 4 saturated heterocycles. The highest BCUT2D eigenvalue weighted by Crippen LogP contribution is 2.43. The number of nitrogens with two attached hydrogens (primary N) is 1. The molecule has 4 aliphatic rings. The van der Waals surface area contributed by atoms with Crippen LogP contribution in [0.15, 0.2) is 55.2 Å². The second-order valence-electron chi connectivity index (χ2n) is 18.8. The molecule has 0 spiro atoms. The molecule has 6 N–H and O–H groups in total. The number of nitrogens with one attached hydrogen (secondary N) is 3. The Morgan fingerprint density at radius 2 is 1.82 bits per heavy atom. The van der Waals surface area contributed by atoms with Gasteiger partial charge in [-0.3, -0.25) is 19.5 Å². The van der Waals surface area contributed by atoms with Gasteiger partial charge in [-0.05, 0) is 68.8 Å². The van der Waals surface area contributed by atoms with Gasteiger partial charge in [0.05, 0.1) is 39.3 Å². The van der Waals surface area contributed by atoms with E-state index in [0.29, 0.717) is 65.8 Å². The number of phenolic OH excluding ortho intramolecular Hbond substituents is 1. The molecule has 4 aliphatic heterocycles. The highest BCUT2D eigenvalue weighted by atomic mass is 35.5. The smallest absolute Gasteiger partial charge is 0.418 e. The zero-order valence-corrected chi connectivity index (χ0v) is 42.2. The van der Waals surface area contributed by atoms with Gasteiger partial charge in [0.2, 0.25) is 0 Å². The normalized spacial score (nSPS) is 20.5. The van der Waals surface area contributed by atoms with Gasteiger partial charge >= 0.3 is 12.2 Å². The summed E-state index contributed by atoms with van der Waals surface area (Å²) >= 11 is 12.4. The molecule has 5 atom stereocenters. The van der Waals surface area contributed by atoms with Crippen molar-refractivity contribution in [2.75, 3.05) is 48.7 Å². The molecule has 2 bridgehead atoms. The number of nitrogens with zero attached hydrogens (tertiary/aromatic N) is 9. The lowest BCUT2D eigenvalue weighted by atomic mass is 9.95. The summed E-state index contributed by atoms with van der Waals surface area (Å²) in [5.74, 6) is -0.417. The molecule has 394 valence electrons. The number of piperazine rings is 1. The minimum Gasteiger partial charge on any atom is -0.508 e. The molecule has 0 saturated carbocycles. The summed E-state index contributed by atoms with van der Waals surface area (Å²) in [6, 6.07) is 6.05. The summed E-state index contributed by atoms with van der Waals surface area (Å²) in [5.41, 5.74) is 3.82. The molecule has 5 aromatic heterocycles. The van der Waals surface area contributed by atoms with Crippen molar-refractivity contribution in [1.29, 1.82) is 0 Å². The molecule has 0 aliphatic carbocycles. The van der Waals surface area contributed by atoms with Crippen molar-refractivity contribution in [2.24, 2.45) is 0 Å². The van der Waals surface area contributed by atoms with Crippen molar-refractivity contribution in [2.45, 2.75) is 75.0 Å². The average molecular weight is 1110 g/mol. The highest BCUT2D eigenvalue weighted by Gasteiger charge is 2.49. The van der Waals surface area contributed by atoms with E-state index in [0.717, 1.165) is 56.1 Å². The van der Waals surface area contributed by atoms with E-state index in [2.05, 4.69) is 61.6 Å². The number of rotatable bonds is 10. The second-order valence-corrected chi connectivity index (χ2v) is 20.6. The van der Waals surface area contributed by atoms with Crippen LogP contribution in [0, 0.1) is 24.0 Å². The molecule has 4 unspecified atom stereocenters. The number of thiazole rings is 1. The number of benzene rings is 2. The van der Waals surface area contributed by atoms with Gasteiger partial charge in [0.1, 0.15) is 74.2 Å². The number of alkyl halides is 4. The van der Waals surface area contributed by atoms with Gasteiger partial charge in [-0.2, -0.15) is 23.1 Å². The molecule has 17 nitrogen and oxygen atoms in total. The zero-order valence-electron chi connectivity index (χ0n) is 39.9. The summed E-state index contributed by atoms with van der Waals surface area (Å²) in [4.78, 5) is 58.1. The maximum absolute atomic E-state index is 16.7. The lowest BCUT2D eigenvalue weighted by Gasteiger charge is -2.34. The molecular formula is C50H43Cl2F6N13O4S. The number of amides is 2. The Kier molecular flexibility index (Phi) is 14.3. The molecule has 7 aromatic rings. The van der Waals surface area contributed by atoms with E-state index in [9.17, 15) is 36.6 Å². The first-order valence-electron chi connectivity index (χ1n) is 23.7. The van der Waals surface area contributed by atoms with E-state index in [1.165, 1.54) is 36.7 Å². The molecule has 2 aromatic carbocycles. The molecule has 2 amide bonds. The first-order valence-corrected chi connectivity index (χ1v) is 25.2. The third-order valence-corrected chi connectivity index (χ3v) is 15.6. The third-order valence-electron chi connectivity index (χ3n) is 13.7. The Labute approximate surface area is 442 Å². The average Bonchev–Trinajstić information content (AvgIpc) is 4.22. The number of anilines is 3. The number of halogens is 8.